The molecule has 2 amide bonds. The Morgan fingerprint density at radius 2 is 2.00 bits per heavy atom. The van der Waals surface area contributed by atoms with Gasteiger partial charge in [0.15, 0.2) is 0 Å². The third-order valence-electron chi connectivity index (χ3n) is 3.28. The zero-order chi connectivity index (χ0) is 18.2. The van der Waals surface area contributed by atoms with Crippen molar-refractivity contribution in [3.8, 4) is 5.75 Å². The van der Waals surface area contributed by atoms with Crippen molar-refractivity contribution < 1.29 is 24.2 Å². The first-order valence-corrected chi connectivity index (χ1v) is 8.26. The van der Waals surface area contributed by atoms with E-state index in [9.17, 15) is 14.7 Å². The summed E-state index contributed by atoms with van der Waals surface area (Å²) >= 11 is 1.16. The Balaban J connectivity index is 2.05. The molecule has 8 nitrogen and oxygen atoms in total. The zero-order valence-electron chi connectivity index (χ0n) is 13.9. The molecular formula is C16H18N3O5S-. The number of aromatic carboxylic acids is 1. The second-order valence-corrected chi connectivity index (χ2v) is 5.93. The molecule has 25 heavy (non-hydrogen) atoms. The van der Waals surface area contributed by atoms with Crippen molar-refractivity contribution in [2.75, 3.05) is 32.7 Å². The van der Waals surface area contributed by atoms with Crippen LogP contribution in [0.5, 0.6) is 5.75 Å². The van der Waals surface area contributed by atoms with E-state index < -0.39 is 5.97 Å². The van der Waals surface area contributed by atoms with Crippen LogP contribution >= 0.6 is 11.3 Å². The number of carbonyl (C=O) groups is 2. The van der Waals surface area contributed by atoms with Gasteiger partial charge in [-0.1, -0.05) is 0 Å². The van der Waals surface area contributed by atoms with Gasteiger partial charge in [-0.15, -0.1) is 11.3 Å². The van der Waals surface area contributed by atoms with Gasteiger partial charge < -0.3 is 29.6 Å². The second-order valence-electron chi connectivity index (χ2n) is 4.99. The number of carboxylic acid groups (broad SMARTS) is 1. The number of benzene rings is 1. The fourth-order valence-electron chi connectivity index (χ4n) is 1.97. The number of anilines is 1. The monoisotopic (exact) mass is 364 g/mol. The first kappa shape index (κ1) is 18.7. The zero-order valence-corrected chi connectivity index (χ0v) is 14.7. The van der Waals surface area contributed by atoms with Gasteiger partial charge in [-0.2, -0.15) is 0 Å². The van der Waals surface area contributed by atoms with Gasteiger partial charge in [0, 0.05) is 24.7 Å². The highest BCUT2D eigenvalue weighted by atomic mass is 32.1. The summed E-state index contributed by atoms with van der Waals surface area (Å²) < 4.78 is 10.1. The highest BCUT2D eigenvalue weighted by Crippen LogP contribution is 2.17. The van der Waals surface area contributed by atoms with Gasteiger partial charge in [-0.25, -0.2) is 9.78 Å². The number of hydrogen-bond donors (Lipinski definition) is 1. The van der Waals surface area contributed by atoms with Crippen molar-refractivity contribution >= 4 is 29.0 Å². The maximum absolute atomic E-state index is 12.5. The van der Waals surface area contributed by atoms with Crippen molar-refractivity contribution in [3.63, 3.8) is 0 Å². The molecule has 0 radical (unpaired) electrons. The molecule has 1 aromatic heterocycles. The van der Waals surface area contributed by atoms with Crippen LogP contribution < -0.4 is 15.2 Å². The van der Waals surface area contributed by atoms with Crippen LogP contribution in [0.1, 0.15) is 15.5 Å². The van der Waals surface area contributed by atoms with Crippen LogP contribution in [-0.4, -0.2) is 49.3 Å². The summed E-state index contributed by atoms with van der Waals surface area (Å²) in [7, 11) is 3.10. The van der Waals surface area contributed by atoms with Crippen LogP contribution in [0.25, 0.3) is 0 Å². The van der Waals surface area contributed by atoms with Gasteiger partial charge in [0.1, 0.15) is 10.8 Å². The minimum absolute atomic E-state index is 0.137. The Kier molecular flexibility index (Phi) is 6.72. The molecular weight excluding hydrogens is 346 g/mol. The fourth-order valence-corrected chi connectivity index (χ4v) is 2.75. The number of amides is 2. The molecule has 0 atom stereocenters. The molecule has 0 unspecified atom stereocenters. The Morgan fingerprint density at radius 3 is 2.56 bits per heavy atom. The van der Waals surface area contributed by atoms with Gasteiger partial charge in [0.25, 0.3) is 0 Å². The molecule has 0 fully saturated rings. The lowest BCUT2D eigenvalue weighted by molar-refractivity contribution is -0.255. The molecule has 0 saturated carbocycles. The second kappa shape index (κ2) is 9.00. The van der Waals surface area contributed by atoms with Gasteiger partial charge in [0.2, 0.25) is 0 Å². The number of carboxylic acids is 1. The van der Waals surface area contributed by atoms with Crippen LogP contribution in [0.2, 0.25) is 0 Å². The Morgan fingerprint density at radius 1 is 1.28 bits per heavy atom. The van der Waals surface area contributed by atoms with E-state index in [0.29, 0.717) is 29.6 Å². The Hall–Kier alpha value is -2.65. The topological polar surface area (TPSA) is 104 Å². The van der Waals surface area contributed by atoms with E-state index in [1.54, 1.807) is 31.4 Å². The normalized spacial score (nSPS) is 10.3. The summed E-state index contributed by atoms with van der Waals surface area (Å²) in [5.74, 6) is -0.652. The number of rotatable bonds is 8. The summed E-state index contributed by atoms with van der Waals surface area (Å²) in [6, 6.07) is 6.59. The SMILES string of the molecule is COCCN(Cc1nc(C(=O)[O-])cs1)C(=O)Nc1ccc(OC)cc1. The molecule has 9 heteroatoms. The number of ether oxygens (including phenoxy) is 2. The fraction of sp³-hybridized carbons (Fsp3) is 0.312. The van der Waals surface area contributed by atoms with Crippen molar-refractivity contribution in [1.82, 2.24) is 9.88 Å². The van der Waals surface area contributed by atoms with Crippen molar-refractivity contribution in [1.29, 1.82) is 0 Å². The van der Waals surface area contributed by atoms with Gasteiger partial charge in [-0.05, 0) is 24.3 Å². The number of nitrogens with one attached hydrogen (secondary N) is 1. The first-order chi connectivity index (χ1) is 12.0. The molecule has 2 aromatic rings. The third-order valence-corrected chi connectivity index (χ3v) is 4.11. The van der Waals surface area contributed by atoms with Crippen LogP contribution in [-0.2, 0) is 11.3 Å². The molecule has 0 aliphatic carbocycles. The van der Waals surface area contributed by atoms with E-state index in [0.717, 1.165) is 11.3 Å². The van der Waals surface area contributed by atoms with E-state index in [2.05, 4.69) is 10.3 Å². The average Bonchev–Trinajstić information content (AvgIpc) is 3.08. The van der Waals surface area contributed by atoms with Gasteiger partial charge in [-0.3, -0.25) is 0 Å². The molecule has 0 bridgehead atoms. The smallest absolute Gasteiger partial charge is 0.322 e. The molecule has 0 spiro atoms. The highest BCUT2D eigenvalue weighted by Gasteiger charge is 2.16. The molecule has 2 rings (SSSR count). The van der Waals surface area contributed by atoms with Crippen LogP contribution in [0.15, 0.2) is 29.6 Å². The van der Waals surface area contributed by atoms with E-state index in [1.807, 2.05) is 0 Å². The van der Waals surface area contributed by atoms with Crippen molar-refractivity contribution in [2.45, 2.75) is 6.54 Å². The summed E-state index contributed by atoms with van der Waals surface area (Å²) in [4.78, 5) is 28.7. The number of urea groups is 1. The summed E-state index contributed by atoms with van der Waals surface area (Å²) in [5.41, 5.74) is 0.477. The number of carbonyl (C=O) groups excluding carboxylic acids is 2. The minimum atomic E-state index is -1.34. The molecule has 0 aliphatic heterocycles. The number of nitrogens with zero attached hydrogens (tertiary/aromatic N) is 2. The number of thiazole rings is 1. The molecule has 0 aliphatic rings. The molecule has 0 saturated heterocycles. The number of hydrogen-bond acceptors (Lipinski definition) is 7. The van der Waals surface area contributed by atoms with E-state index >= 15 is 0 Å². The predicted molar refractivity (Wildman–Crippen MR) is 90.7 cm³/mol. The van der Waals surface area contributed by atoms with Crippen molar-refractivity contribution in [2.24, 2.45) is 0 Å². The maximum Gasteiger partial charge on any atom is 0.322 e. The predicted octanol–water partition coefficient (Wildman–Crippen LogP) is 1.20. The Bertz CT molecular complexity index is 717. The van der Waals surface area contributed by atoms with Crippen molar-refractivity contribution in [3.05, 3.63) is 40.3 Å². The number of methoxy groups -OCH3 is 2. The largest absolute Gasteiger partial charge is 0.543 e. The molecule has 1 aromatic carbocycles. The van der Waals surface area contributed by atoms with Gasteiger partial charge in [0.05, 0.1) is 31.9 Å². The first-order valence-electron chi connectivity index (χ1n) is 7.38. The minimum Gasteiger partial charge on any atom is -0.543 e. The number of aromatic nitrogens is 1. The van der Waals surface area contributed by atoms with Crippen LogP contribution in [0.3, 0.4) is 0 Å². The quantitative estimate of drug-likeness (QED) is 0.755. The van der Waals surface area contributed by atoms with Crippen LogP contribution in [0, 0.1) is 0 Å². The molecule has 134 valence electrons. The Labute approximate surface area is 149 Å². The average molecular weight is 364 g/mol. The standard InChI is InChI=1S/C16H19N3O5S/c1-23-8-7-19(9-14-18-13(10-25-14)15(20)21)16(22)17-11-3-5-12(24-2)6-4-11/h3-6,10H,7-9H2,1-2H3,(H,17,22)(H,20,21)/p-1. The van der Waals surface area contributed by atoms with E-state index in [-0.39, 0.29) is 18.3 Å². The third kappa shape index (κ3) is 5.44. The van der Waals surface area contributed by atoms with E-state index in [1.165, 1.54) is 17.4 Å². The summed E-state index contributed by atoms with van der Waals surface area (Å²) in [6.45, 7) is 0.844. The lowest BCUT2D eigenvalue weighted by atomic mass is 10.3. The van der Waals surface area contributed by atoms with Gasteiger partial charge >= 0.3 is 6.03 Å². The lowest BCUT2D eigenvalue weighted by Crippen LogP contribution is -2.36. The molecule has 1 heterocycles. The highest BCUT2D eigenvalue weighted by molar-refractivity contribution is 7.09. The maximum atomic E-state index is 12.5. The summed E-state index contributed by atoms with van der Waals surface area (Å²) in [5, 5.41) is 15.5. The summed E-state index contributed by atoms with van der Waals surface area (Å²) in [6.07, 6.45) is 0. The van der Waals surface area contributed by atoms with Crippen LogP contribution in [0.4, 0.5) is 10.5 Å². The molecule has 1 N–H and O–H groups in total. The lowest BCUT2D eigenvalue weighted by Gasteiger charge is -2.22. The van der Waals surface area contributed by atoms with E-state index in [4.69, 9.17) is 9.47 Å².